The van der Waals surface area contributed by atoms with Crippen LogP contribution in [0.5, 0.6) is 0 Å². The van der Waals surface area contributed by atoms with Crippen molar-refractivity contribution in [2.75, 3.05) is 5.32 Å². The number of nitrogens with one attached hydrogen (secondary N) is 1. The van der Waals surface area contributed by atoms with Crippen molar-refractivity contribution in [3.8, 4) is 0 Å². The fraction of sp³-hybridized carbons (Fsp3) is 0.133. The Labute approximate surface area is 121 Å². The molecular formula is C15H14N2O4. The number of ether oxygens (including phenoxy) is 1. The molecule has 0 aliphatic carbocycles. The summed E-state index contributed by atoms with van der Waals surface area (Å²) in [4.78, 5) is 21.6. The molecule has 108 valence electrons. The first-order valence-electron chi connectivity index (χ1n) is 6.28. The number of benzene rings is 2. The van der Waals surface area contributed by atoms with E-state index in [0.29, 0.717) is 11.3 Å². The molecule has 0 unspecified atom stereocenters. The number of carbonyl (C=O) groups excluding carboxylic acids is 1. The number of nitro groups is 1. The predicted molar refractivity (Wildman–Crippen MR) is 78.1 cm³/mol. The van der Waals surface area contributed by atoms with Crippen LogP contribution in [-0.4, -0.2) is 11.0 Å². The predicted octanol–water partition coefficient (Wildman–Crippen LogP) is 3.65. The third-order valence-electron chi connectivity index (χ3n) is 2.82. The van der Waals surface area contributed by atoms with Crippen molar-refractivity contribution in [3.05, 3.63) is 69.8 Å². The molecule has 0 aliphatic rings. The number of anilines is 1. The molecule has 0 saturated carbocycles. The lowest BCUT2D eigenvalue weighted by Crippen LogP contribution is -2.13. The van der Waals surface area contributed by atoms with E-state index in [1.165, 1.54) is 12.1 Å². The second-order valence-electron chi connectivity index (χ2n) is 4.49. The Balaban J connectivity index is 1.86. The minimum atomic E-state index is -0.572. The number of carbonyl (C=O) groups is 1. The van der Waals surface area contributed by atoms with Gasteiger partial charge in [0.1, 0.15) is 6.61 Å². The van der Waals surface area contributed by atoms with Gasteiger partial charge in [0.2, 0.25) is 0 Å². The highest BCUT2D eigenvalue weighted by atomic mass is 16.6. The van der Waals surface area contributed by atoms with Crippen LogP contribution in [-0.2, 0) is 11.3 Å². The number of amides is 1. The van der Waals surface area contributed by atoms with Crippen molar-refractivity contribution < 1.29 is 14.5 Å². The molecule has 2 aromatic rings. The lowest BCUT2D eigenvalue weighted by Gasteiger charge is -2.07. The van der Waals surface area contributed by atoms with Crippen LogP contribution in [0.3, 0.4) is 0 Å². The Hall–Kier alpha value is -2.89. The zero-order chi connectivity index (χ0) is 15.2. The molecule has 0 fully saturated rings. The molecule has 0 atom stereocenters. The van der Waals surface area contributed by atoms with Crippen LogP contribution in [0.4, 0.5) is 16.2 Å². The van der Waals surface area contributed by atoms with Gasteiger partial charge in [-0.1, -0.05) is 17.7 Å². The van der Waals surface area contributed by atoms with Gasteiger partial charge in [0.05, 0.1) is 4.92 Å². The second kappa shape index (κ2) is 6.51. The molecule has 0 heterocycles. The molecule has 6 nitrogen and oxygen atoms in total. The van der Waals surface area contributed by atoms with Gasteiger partial charge in [-0.05, 0) is 36.8 Å². The Morgan fingerprint density at radius 2 is 1.76 bits per heavy atom. The average molecular weight is 286 g/mol. The lowest BCUT2D eigenvalue weighted by atomic mass is 10.2. The van der Waals surface area contributed by atoms with Crippen LogP contribution in [0.1, 0.15) is 11.1 Å². The third kappa shape index (κ3) is 4.31. The summed E-state index contributed by atoms with van der Waals surface area (Å²) in [7, 11) is 0. The van der Waals surface area contributed by atoms with Crippen molar-refractivity contribution in [1.29, 1.82) is 0 Å². The van der Waals surface area contributed by atoms with Gasteiger partial charge in [-0.25, -0.2) is 4.79 Å². The summed E-state index contributed by atoms with van der Waals surface area (Å²) >= 11 is 0. The summed E-state index contributed by atoms with van der Waals surface area (Å²) in [5.41, 5.74) is 2.43. The molecule has 1 N–H and O–H groups in total. The van der Waals surface area contributed by atoms with Gasteiger partial charge in [0, 0.05) is 17.8 Å². The maximum atomic E-state index is 11.6. The molecule has 1 amide bonds. The van der Waals surface area contributed by atoms with E-state index in [1.807, 2.05) is 19.1 Å². The van der Waals surface area contributed by atoms with Crippen LogP contribution < -0.4 is 5.32 Å². The smallest absolute Gasteiger partial charge is 0.411 e. The molecular weight excluding hydrogens is 272 g/mol. The Morgan fingerprint density at radius 3 is 2.33 bits per heavy atom. The zero-order valence-electron chi connectivity index (χ0n) is 11.4. The standard InChI is InChI=1S/C15H14N2O4/c1-11-2-6-13(7-3-11)16-15(18)21-10-12-4-8-14(9-5-12)17(19)20/h2-9H,10H2,1H3,(H,16,18). The average Bonchev–Trinajstić information content (AvgIpc) is 2.48. The van der Waals surface area contributed by atoms with E-state index in [-0.39, 0.29) is 12.3 Å². The molecule has 0 spiro atoms. The molecule has 21 heavy (non-hydrogen) atoms. The van der Waals surface area contributed by atoms with Crippen LogP contribution >= 0.6 is 0 Å². The number of aryl methyl sites for hydroxylation is 1. The van der Waals surface area contributed by atoms with E-state index in [0.717, 1.165) is 5.56 Å². The highest BCUT2D eigenvalue weighted by Gasteiger charge is 2.06. The topological polar surface area (TPSA) is 81.5 Å². The van der Waals surface area contributed by atoms with Crippen molar-refractivity contribution in [3.63, 3.8) is 0 Å². The molecule has 0 radical (unpaired) electrons. The maximum absolute atomic E-state index is 11.6. The SMILES string of the molecule is Cc1ccc(NC(=O)OCc2ccc([N+](=O)[O-])cc2)cc1. The molecule has 0 saturated heterocycles. The summed E-state index contributed by atoms with van der Waals surface area (Å²) in [6.45, 7) is 2.01. The summed E-state index contributed by atoms with van der Waals surface area (Å²) in [6, 6.07) is 13.2. The second-order valence-corrected chi connectivity index (χ2v) is 4.49. The lowest BCUT2D eigenvalue weighted by molar-refractivity contribution is -0.384. The van der Waals surface area contributed by atoms with E-state index in [1.54, 1.807) is 24.3 Å². The van der Waals surface area contributed by atoms with Crippen molar-refractivity contribution in [1.82, 2.24) is 0 Å². The largest absolute Gasteiger partial charge is 0.444 e. The Kier molecular flexibility index (Phi) is 4.50. The van der Waals surface area contributed by atoms with Crippen molar-refractivity contribution >= 4 is 17.5 Å². The van der Waals surface area contributed by atoms with Crippen LogP contribution in [0.15, 0.2) is 48.5 Å². The van der Waals surface area contributed by atoms with E-state index in [4.69, 9.17) is 4.74 Å². The molecule has 2 rings (SSSR count). The van der Waals surface area contributed by atoms with Crippen molar-refractivity contribution in [2.24, 2.45) is 0 Å². The van der Waals surface area contributed by atoms with Gasteiger partial charge in [-0.15, -0.1) is 0 Å². The fourth-order valence-electron chi connectivity index (χ4n) is 1.65. The van der Waals surface area contributed by atoms with Gasteiger partial charge in [-0.2, -0.15) is 0 Å². The van der Waals surface area contributed by atoms with Gasteiger partial charge >= 0.3 is 6.09 Å². The molecule has 2 aromatic carbocycles. The molecule has 0 aliphatic heterocycles. The van der Waals surface area contributed by atoms with Gasteiger partial charge in [0.25, 0.3) is 5.69 Å². The van der Waals surface area contributed by atoms with E-state index < -0.39 is 11.0 Å². The monoisotopic (exact) mass is 286 g/mol. The maximum Gasteiger partial charge on any atom is 0.411 e. The van der Waals surface area contributed by atoms with E-state index in [2.05, 4.69) is 5.32 Å². The number of rotatable bonds is 4. The van der Waals surface area contributed by atoms with Gasteiger partial charge in [-0.3, -0.25) is 15.4 Å². The Morgan fingerprint density at radius 1 is 1.14 bits per heavy atom. The molecule has 6 heteroatoms. The Bertz CT molecular complexity index is 636. The number of nitrogens with zero attached hydrogens (tertiary/aromatic N) is 1. The summed E-state index contributed by atoms with van der Waals surface area (Å²) in [5.74, 6) is 0. The minimum Gasteiger partial charge on any atom is -0.444 e. The van der Waals surface area contributed by atoms with Gasteiger partial charge < -0.3 is 4.74 Å². The normalized spacial score (nSPS) is 9.95. The number of non-ortho nitro benzene ring substituents is 1. The summed E-state index contributed by atoms with van der Waals surface area (Å²) < 4.78 is 5.04. The van der Waals surface area contributed by atoms with Crippen LogP contribution in [0.2, 0.25) is 0 Å². The highest BCUT2D eigenvalue weighted by molar-refractivity contribution is 5.84. The number of hydrogen-bond acceptors (Lipinski definition) is 4. The van der Waals surface area contributed by atoms with Crippen LogP contribution in [0.25, 0.3) is 0 Å². The minimum absolute atomic E-state index is 0.00265. The van der Waals surface area contributed by atoms with Crippen molar-refractivity contribution in [2.45, 2.75) is 13.5 Å². The van der Waals surface area contributed by atoms with E-state index >= 15 is 0 Å². The third-order valence-corrected chi connectivity index (χ3v) is 2.82. The summed E-state index contributed by atoms with van der Waals surface area (Å²) in [5, 5.41) is 13.1. The van der Waals surface area contributed by atoms with Gasteiger partial charge in [0.15, 0.2) is 0 Å². The zero-order valence-corrected chi connectivity index (χ0v) is 11.4. The molecule has 0 bridgehead atoms. The highest BCUT2D eigenvalue weighted by Crippen LogP contribution is 2.13. The first kappa shape index (κ1) is 14.5. The first-order valence-corrected chi connectivity index (χ1v) is 6.28. The van der Waals surface area contributed by atoms with E-state index in [9.17, 15) is 14.9 Å². The quantitative estimate of drug-likeness (QED) is 0.687. The first-order chi connectivity index (χ1) is 10.0. The number of hydrogen-bond donors (Lipinski definition) is 1. The number of nitro benzene ring substituents is 1. The summed E-state index contributed by atoms with van der Waals surface area (Å²) in [6.07, 6.45) is -0.572. The molecule has 0 aromatic heterocycles. The van der Waals surface area contributed by atoms with Crippen LogP contribution in [0, 0.1) is 17.0 Å². The fourth-order valence-corrected chi connectivity index (χ4v) is 1.65.